The standard InChI is InChI=1S/C28H48N3O7PS/c1-8-36-39(34,37-22-35-25(32)27(2,3)4)21-31-18-16-30(17-19-31)15-14-23(29-26(33)38-28(5,6)7)20-40-24-12-10-9-11-13-24/h9-13,23H,8,14-22H2,1-7H3,(H,29,33)/t23-,39?/m1/s1. The lowest BCUT2D eigenvalue weighted by Gasteiger charge is -2.36. The molecule has 1 aliphatic rings. The number of hydrogen-bond acceptors (Lipinski definition) is 10. The number of benzene rings is 1. The number of carbonyl (C=O) groups excluding carboxylic acids is 2. The van der Waals surface area contributed by atoms with Crippen LogP contribution in [0.15, 0.2) is 35.2 Å². The summed E-state index contributed by atoms with van der Waals surface area (Å²) in [5.41, 5.74) is -1.23. The zero-order valence-electron chi connectivity index (χ0n) is 25.1. The van der Waals surface area contributed by atoms with Crippen LogP contribution in [0.2, 0.25) is 0 Å². The molecule has 12 heteroatoms. The lowest BCUT2D eigenvalue weighted by molar-refractivity contribution is -0.160. The van der Waals surface area contributed by atoms with E-state index in [0.717, 1.165) is 36.7 Å². The summed E-state index contributed by atoms with van der Waals surface area (Å²) in [4.78, 5) is 30.0. The van der Waals surface area contributed by atoms with Gasteiger partial charge in [-0.25, -0.2) is 4.79 Å². The van der Waals surface area contributed by atoms with Crippen LogP contribution in [0.4, 0.5) is 4.79 Å². The highest BCUT2D eigenvalue weighted by atomic mass is 32.2. The molecule has 1 aromatic carbocycles. The summed E-state index contributed by atoms with van der Waals surface area (Å²) in [7, 11) is -3.45. The SMILES string of the molecule is CCOP(=O)(CN1CCN(CC[C@H](CSc2ccccc2)NC(=O)OC(C)(C)C)CC1)OCOC(=O)C(C)(C)C. The van der Waals surface area contributed by atoms with Crippen LogP contribution < -0.4 is 5.32 Å². The van der Waals surface area contributed by atoms with Crippen molar-refractivity contribution in [2.45, 2.75) is 71.4 Å². The predicted octanol–water partition coefficient (Wildman–Crippen LogP) is 5.43. The molecule has 1 aromatic rings. The van der Waals surface area contributed by atoms with Crippen LogP contribution in [0, 0.1) is 5.41 Å². The van der Waals surface area contributed by atoms with Crippen molar-refractivity contribution in [1.29, 1.82) is 0 Å². The second-order valence-electron chi connectivity index (χ2n) is 11.8. The monoisotopic (exact) mass is 601 g/mol. The lowest BCUT2D eigenvalue weighted by atomic mass is 9.98. The van der Waals surface area contributed by atoms with E-state index >= 15 is 0 Å². The number of thioether (sulfide) groups is 1. The predicted molar refractivity (Wildman–Crippen MR) is 159 cm³/mol. The molecule has 0 aromatic heterocycles. The summed E-state index contributed by atoms with van der Waals surface area (Å²) in [5, 5.41) is 3.05. The number of ether oxygens (including phenoxy) is 2. The molecule has 228 valence electrons. The Balaban J connectivity index is 1.85. The Morgan fingerprint density at radius 3 is 2.20 bits per heavy atom. The van der Waals surface area contributed by atoms with Gasteiger partial charge in [0.25, 0.3) is 0 Å². The van der Waals surface area contributed by atoms with Gasteiger partial charge in [-0.2, -0.15) is 0 Å². The molecule has 1 N–H and O–H groups in total. The number of nitrogens with one attached hydrogen (secondary N) is 1. The van der Waals surface area contributed by atoms with E-state index in [1.807, 2.05) is 39.0 Å². The van der Waals surface area contributed by atoms with E-state index in [4.69, 9.17) is 18.5 Å². The summed E-state index contributed by atoms with van der Waals surface area (Å²) < 4.78 is 34.8. The average molecular weight is 602 g/mol. The third-order valence-corrected chi connectivity index (χ3v) is 9.00. The van der Waals surface area contributed by atoms with Crippen LogP contribution in [0.25, 0.3) is 0 Å². The van der Waals surface area contributed by atoms with Crippen molar-refractivity contribution >= 4 is 31.4 Å². The fourth-order valence-electron chi connectivity index (χ4n) is 3.81. The van der Waals surface area contributed by atoms with Gasteiger partial charge in [-0.05, 0) is 67.0 Å². The minimum atomic E-state index is -3.45. The molecule has 1 aliphatic heterocycles. The maximum Gasteiger partial charge on any atom is 0.407 e. The largest absolute Gasteiger partial charge is 0.444 e. The quantitative estimate of drug-likeness (QED) is 0.128. The minimum Gasteiger partial charge on any atom is -0.444 e. The van der Waals surface area contributed by atoms with Crippen LogP contribution in [0.3, 0.4) is 0 Å². The molecule has 1 saturated heterocycles. The molecule has 0 radical (unpaired) electrons. The normalized spacial score (nSPS) is 17.6. The zero-order chi connectivity index (χ0) is 29.8. The van der Waals surface area contributed by atoms with Crippen molar-refractivity contribution in [2.24, 2.45) is 5.41 Å². The Morgan fingerprint density at radius 1 is 1.00 bits per heavy atom. The van der Waals surface area contributed by atoms with Gasteiger partial charge in [-0.15, -0.1) is 11.8 Å². The van der Waals surface area contributed by atoms with E-state index in [1.54, 1.807) is 39.5 Å². The second-order valence-corrected chi connectivity index (χ2v) is 14.9. The van der Waals surface area contributed by atoms with Gasteiger partial charge in [0.05, 0.1) is 12.0 Å². The molecule has 0 spiro atoms. The van der Waals surface area contributed by atoms with Gasteiger partial charge in [0.15, 0.2) is 0 Å². The van der Waals surface area contributed by atoms with Crippen LogP contribution in [0.1, 0.15) is 54.9 Å². The highest BCUT2D eigenvalue weighted by molar-refractivity contribution is 7.99. The molecular weight excluding hydrogens is 553 g/mol. The maximum atomic E-state index is 13.3. The van der Waals surface area contributed by atoms with Gasteiger partial charge >= 0.3 is 19.7 Å². The van der Waals surface area contributed by atoms with E-state index in [0.29, 0.717) is 13.1 Å². The molecule has 0 saturated carbocycles. The molecule has 2 rings (SSSR count). The van der Waals surface area contributed by atoms with E-state index < -0.39 is 37.5 Å². The Kier molecular flexibility index (Phi) is 13.9. The van der Waals surface area contributed by atoms with Gasteiger partial charge in [-0.1, -0.05) is 18.2 Å². The summed E-state index contributed by atoms with van der Waals surface area (Å²) in [5.74, 6) is 0.309. The number of alkyl carbamates (subject to hydrolysis) is 1. The highest BCUT2D eigenvalue weighted by Crippen LogP contribution is 2.48. The number of carbonyl (C=O) groups is 2. The van der Waals surface area contributed by atoms with Crippen molar-refractivity contribution in [2.75, 3.05) is 58.2 Å². The minimum absolute atomic E-state index is 0.0551. The van der Waals surface area contributed by atoms with Gasteiger partial charge < -0.3 is 24.2 Å². The number of hydrogen-bond donors (Lipinski definition) is 1. The van der Waals surface area contributed by atoms with Crippen LogP contribution >= 0.6 is 19.4 Å². The van der Waals surface area contributed by atoms with Crippen molar-refractivity contribution in [3.63, 3.8) is 0 Å². The van der Waals surface area contributed by atoms with Gasteiger partial charge in [0.1, 0.15) is 11.9 Å². The van der Waals surface area contributed by atoms with Crippen molar-refractivity contribution in [1.82, 2.24) is 15.1 Å². The number of esters is 1. The van der Waals surface area contributed by atoms with Crippen LogP contribution in [0.5, 0.6) is 0 Å². The summed E-state index contributed by atoms with van der Waals surface area (Å²) in [6.45, 7) is 16.2. The summed E-state index contributed by atoms with van der Waals surface area (Å²) >= 11 is 1.71. The zero-order valence-corrected chi connectivity index (χ0v) is 26.9. The van der Waals surface area contributed by atoms with Crippen LogP contribution in [-0.4, -0.2) is 91.7 Å². The molecule has 10 nitrogen and oxygen atoms in total. The van der Waals surface area contributed by atoms with Crippen molar-refractivity contribution in [3.8, 4) is 0 Å². The second kappa shape index (κ2) is 16.1. The van der Waals surface area contributed by atoms with E-state index in [2.05, 4.69) is 27.2 Å². The van der Waals surface area contributed by atoms with Crippen molar-refractivity contribution < 1.29 is 32.7 Å². The lowest BCUT2D eigenvalue weighted by Crippen LogP contribution is -2.48. The first-order chi connectivity index (χ1) is 18.7. The average Bonchev–Trinajstić information content (AvgIpc) is 2.85. The number of nitrogens with zero attached hydrogens (tertiary/aromatic N) is 2. The topological polar surface area (TPSA) is 107 Å². The molecule has 1 heterocycles. The van der Waals surface area contributed by atoms with Gasteiger partial charge in [0, 0.05) is 49.4 Å². The third-order valence-electron chi connectivity index (χ3n) is 5.92. The molecule has 0 aliphatic carbocycles. The molecule has 1 unspecified atom stereocenters. The fraction of sp³-hybridized carbons (Fsp3) is 0.714. The van der Waals surface area contributed by atoms with Crippen molar-refractivity contribution in [3.05, 3.63) is 30.3 Å². The number of rotatable bonds is 14. The highest BCUT2D eigenvalue weighted by Gasteiger charge is 2.31. The number of piperazine rings is 1. The molecular formula is C28H48N3O7PS. The Morgan fingerprint density at radius 2 is 1.62 bits per heavy atom. The van der Waals surface area contributed by atoms with Gasteiger partial charge in [0.2, 0.25) is 6.79 Å². The van der Waals surface area contributed by atoms with E-state index in [9.17, 15) is 14.2 Å². The molecule has 1 amide bonds. The Bertz CT molecular complexity index is 961. The first-order valence-corrected chi connectivity index (χ1v) is 16.6. The fourth-order valence-corrected chi connectivity index (χ4v) is 6.43. The van der Waals surface area contributed by atoms with Gasteiger partial charge in [-0.3, -0.25) is 18.8 Å². The number of amides is 1. The smallest absolute Gasteiger partial charge is 0.407 e. The first kappa shape index (κ1) is 34.6. The third kappa shape index (κ3) is 13.8. The Labute approximate surface area is 244 Å². The Hall–Kier alpha value is -1.62. The molecule has 0 bridgehead atoms. The summed E-state index contributed by atoms with van der Waals surface area (Å²) in [6, 6.07) is 10.1. The maximum absolute atomic E-state index is 13.3. The first-order valence-electron chi connectivity index (χ1n) is 13.9. The molecule has 40 heavy (non-hydrogen) atoms. The van der Waals surface area contributed by atoms with E-state index in [-0.39, 0.29) is 18.9 Å². The van der Waals surface area contributed by atoms with Crippen LogP contribution in [-0.2, 0) is 27.9 Å². The molecule has 2 atom stereocenters. The summed E-state index contributed by atoms with van der Waals surface area (Å²) in [6.07, 6.45) is 0.507. The molecule has 1 fully saturated rings. The van der Waals surface area contributed by atoms with E-state index in [1.165, 1.54) is 0 Å².